The van der Waals surface area contributed by atoms with Crippen molar-refractivity contribution in [1.29, 1.82) is 0 Å². The van der Waals surface area contributed by atoms with Crippen molar-refractivity contribution < 1.29 is 0 Å². The van der Waals surface area contributed by atoms with Gasteiger partial charge in [-0.05, 0) is 43.4 Å². The van der Waals surface area contributed by atoms with Crippen molar-refractivity contribution >= 4 is 11.0 Å². The predicted octanol–water partition coefficient (Wildman–Crippen LogP) is 3.28. The van der Waals surface area contributed by atoms with E-state index in [0.29, 0.717) is 0 Å². The van der Waals surface area contributed by atoms with Crippen molar-refractivity contribution in [3.05, 3.63) is 30.1 Å². The summed E-state index contributed by atoms with van der Waals surface area (Å²) in [5, 5.41) is 3.61. The van der Waals surface area contributed by atoms with Crippen LogP contribution in [0.5, 0.6) is 0 Å². The van der Waals surface area contributed by atoms with Crippen molar-refractivity contribution in [2.24, 2.45) is 12.5 Å². The third-order valence-electron chi connectivity index (χ3n) is 4.33. The van der Waals surface area contributed by atoms with Crippen molar-refractivity contribution in [3.63, 3.8) is 0 Å². The molecule has 20 heavy (non-hydrogen) atoms. The SMILES string of the molecule is Cn1c(CC(C)(C)CCNC2CC2)nc2ccccc21. The summed E-state index contributed by atoms with van der Waals surface area (Å²) < 4.78 is 2.24. The van der Waals surface area contributed by atoms with Crippen molar-refractivity contribution in [1.82, 2.24) is 14.9 Å². The summed E-state index contributed by atoms with van der Waals surface area (Å²) in [7, 11) is 2.13. The second-order valence-corrected chi connectivity index (χ2v) is 6.90. The first-order valence-electron chi connectivity index (χ1n) is 7.69. The van der Waals surface area contributed by atoms with Gasteiger partial charge in [0.15, 0.2) is 0 Å². The van der Waals surface area contributed by atoms with Gasteiger partial charge in [-0.15, -0.1) is 0 Å². The molecule has 2 aromatic rings. The van der Waals surface area contributed by atoms with Gasteiger partial charge in [-0.3, -0.25) is 0 Å². The molecule has 1 heterocycles. The number of aromatic nitrogens is 2. The quantitative estimate of drug-likeness (QED) is 0.873. The van der Waals surface area contributed by atoms with Gasteiger partial charge in [0.05, 0.1) is 11.0 Å². The number of imidazole rings is 1. The first-order valence-corrected chi connectivity index (χ1v) is 7.69. The van der Waals surface area contributed by atoms with Crippen LogP contribution in [0.25, 0.3) is 11.0 Å². The fraction of sp³-hybridized carbons (Fsp3) is 0.588. The van der Waals surface area contributed by atoms with E-state index in [1.165, 1.54) is 30.6 Å². The van der Waals surface area contributed by atoms with E-state index in [1.54, 1.807) is 0 Å². The molecule has 3 heteroatoms. The Kier molecular flexibility index (Phi) is 3.55. The molecule has 1 aliphatic carbocycles. The normalized spacial score (nSPS) is 15.9. The van der Waals surface area contributed by atoms with Crippen molar-refractivity contribution in [3.8, 4) is 0 Å². The monoisotopic (exact) mass is 271 g/mol. The van der Waals surface area contributed by atoms with E-state index in [4.69, 9.17) is 4.98 Å². The lowest BCUT2D eigenvalue weighted by Crippen LogP contribution is -2.26. The van der Waals surface area contributed by atoms with Gasteiger partial charge in [0.1, 0.15) is 5.82 Å². The van der Waals surface area contributed by atoms with E-state index < -0.39 is 0 Å². The second-order valence-electron chi connectivity index (χ2n) is 6.90. The van der Waals surface area contributed by atoms with Gasteiger partial charge in [0.2, 0.25) is 0 Å². The second kappa shape index (κ2) is 5.21. The molecule has 1 aromatic heterocycles. The molecule has 0 aliphatic heterocycles. The molecule has 1 N–H and O–H groups in total. The smallest absolute Gasteiger partial charge is 0.110 e. The molecular weight excluding hydrogens is 246 g/mol. The zero-order valence-electron chi connectivity index (χ0n) is 12.8. The molecule has 3 rings (SSSR count). The van der Waals surface area contributed by atoms with Gasteiger partial charge in [-0.1, -0.05) is 26.0 Å². The highest BCUT2D eigenvalue weighted by atomic mass is 15.1. The number of hydrogen-bond donors (Lipinski definition) is 1. The van der Waals surface area contributed by atoms with Gasteiger partial charge in [0.25, 0.3) is 0 Å². The highest BCUT2D eigenvalue weighted by Gasteiger charge is 2.24. The summed E-state index contributed by atoms with van der Waals surface area (Å²) in [5.74, 6) is 1.20. The molecule has 0 bridgehead atoms. The lowest BCUT2D eigenvalue weighted by Gasteiger charge is -2.24. The minimum Gasteiger partial charge on any atom is -0.331 e. The number of nitrogens with one attached hydrogen (secondary N) is 1. The van der Waals surface area contributed by atoms with E-state index in [1.807, 2.05) is 0 Å². The van der Waals surface area contributed by atoms with Crippen LogP contribution in [0.2, 0.25) is 0 Å². The average molecular weight is 271 g/mol. The highest BCUT2D eigenvalue weighted by Crippen LogP contribution is 2.27. The maximum Gasteiger partial charge on any atom is 0.110 e. The molecule has 1 fully saturated rings. The molecule has 0 spiro atoms. The number of benzene rings is 1. The topological polar surface area (TPSA) is 29.9 Å². The number of hydrogen-bond acceptors (Lipinski definition) is 2. The fourth-order valence-corrected chi connectivity index (χ4v) is 2.77. The Hall–Kier alpha value is -1.35. The molecule has 1 aromatic carbocycles. The summed E-state index contributed by atoms with van der Waals surface area (Å²) in [6.45, 7) is 5.82. The van der Waals surface area contributed by atoms with Crippen LogP contribution in [0, 0.1) is 5.41 Å². The summed E-state index contributed by atoms with van der Waals surface area (Å²) in [5.41, 5.74) is 2.63. The lowest BCUT2D eigenvalue weighted by atomic mass is 9.85. The first kappa shape index (κ1) is 13.6. The Morgan fingerprint density at radius 3 is 2.75 bits per heavy atom. The number of fused-ring (bicyclic) bond motifs is 1. The summed E-state index contributed by atoms with van der Waals surface area (Å²) in [4.78, 5) is 4.80. The van der Waals surface area contributed by atoms with Crippen molar-refractivity contribution in [2.75, 3.05) is 6.54 Å². The molecule has 1 aliphatic rings. The van der Waals surface area contributed by atoms with Crippen LogP contribution >= 0.6 is 0 Å². The summed E-state index contributed by atoms with van der Waals surface area (Å²) in [6.07, 6.45) is 4.97. The molecule has 0 unspecified atom stereocenters. The minimum atomic E-state index is 0.289. The number of nitrogens with zero attached hydrogens (tertiary/aromatic N) is 2. The molecule has 108 valence electrons. The molecular formula is C17H25N3. The van der Waals surface area contributed by atoms with Crippen LogP contribution < -0.4 is 5.32 Å². The molecule has 0 radical (unpaired) electrons. The largest absolute Gasteiger partial charge is 0.331 e. The number of para-hydroxylation sites is 2. The zero-order valence-corrected chi connectivity index (χ0v) is 12.8. The Morgan fingerprint density at radius 2 is 2.05 bits per heavy atom. The van der Waals surface area contributed by atoms with Gasteiger partial charge in [-0.25, -0.2) is 4.98 Å². The lowest BCUT2D eigenvalue weighted by molar-refractivity contribution is 0.316. The first-order chi connectivity index (χ1) is 9.55. The van der Waals surface area contributed by atoms with Crippen LogP contribution in [0.15, 0.2) is 24.3 Å². The van der Waals surface area contributed by atoms with E-state index >= 15 is 0 Å². The minimum absolute atomic E-state index is 0.289. The number of aryl methyl sites for hydroxylation is 1. The fourth-order valence-electron chi connectivity index (χ4n) is 2.77. The van der Waals surface area contributed by atoms with Crippen LogP contribution in [0.1, 0.15) is 38.9 Å². The zero-order chi connectivity index (χ0) is 14.2. The van der Waals surface area contributed by atoms with Gasteiger partial charge in [-0.2, -0.15) is 0 Å². The third kappa shape index (κ3) is 3.04. The van der Waals surface area contributed by atoms with Crippen LogP contribution in [-0.2, 0) is 13.5 Å². The molecule has 3 nitrogen and oxygen atoms in total. The van der Waals surface area contributed by atoms with Crippen LogP contribution in [-0.4, -0.2) is 22.1 Å². The maximum absolute atomic E-state index is 4.80. The summed E-state index contributed by atoms with van der Waals surface area (Å²) in [6, 6.07) is 9.19. The average Bonchev–Trinajstić information content (AvgIpc) is 3.16. The van der Waals surface area contributed by atoms with E-state index in [0.717, 1.165) is 24.5 Å². The molecule has 0 saturated heterocycles. The van der Waals surface area contributed by atoms with Crippen LogP contribution in [0.4, 0.5) is 0 Å². The standard InChI is InChI=1S/C17H25N3/c1-17(2,10-11-18-13-8-9-13)12-16-19-14-6-4-5-7-15(14)20(16)3/h4-7,13,18H,8-12H2,1-3H3. The summed E-state index contributed by atoms with van der Waals surface area (Å²) >= 11 is 0. The molecule has 1 saturated carbocycles. The van der Waals surface area contributed by atoms with E-state index in [2.05, 4.69) is 55.0 Å². The predicted molar refractivity (Wildman–Crippen MR) is 83.8 cm³/mol. The maximum atomic E-state index is 4.80. The van der Waals surface area contributed by atoms with Crippen molar-refractivity contribution in [2.45, 2.75) is 45.6 Å². The van der Waals surface area contributed by atoms with Crippen LogP contribution in [0.3, 0.4) is 0 Å². The Labute approximate surface area is 121 Å². The molecule has 0 atom stereocenters. The van der Waals surface area contributed by atoms with Gasteiger partial charge >= 0.3 is 0 Å². The Balaban J connectivity index is 1.68. The molecule has 0 amide bonds. The van der Waals surface area contributed by atoms with E-state index in [-0.39, 0.29) is 5.41 Å². The van der Waals surface area contributed by atoms with Gasteiger partial charge in [0, 0.05) is 19.5 Å². The highest BCUT2D eigenvalue weighted by molar-refractivity contribution is 5.75. The third-order valence-corrected chi connectivity index (χ3v) is 4.33. The number of rotatable bonds is 6. The Morgan fingerprint density at radius 1 is 1.30 bits per heavy atom. The van der Waals surface area contributed by atoms with Gasteiger partial charge < -0.3 is 9.88 Å². The Bertz CT molecular complexity index is 593. The van der Waals surface area contributed by atoms with E-state index in [9.17, 15) is 0 Å².